The maximum atomic E-state index is 5.94. The van der Waals surface area contributed by atoms with Crippen molar-refractivity contribution in [3.05, 3.63) is 58.9 Å². The van der Waals surface area contributed by atoms with Gasteiger partial charge in [0.25, 0.3) is 0 Å². The highest BCUT2D eigenvalue weighted by atomic mass is 16.5. The van der Waals surface area contributed by atoms with Gasteiger partial charge in [-0.25, -0.2) is 0 Å². The Bertz CT molecular complexity index is 579. The molecule has 1 aromatic heterocycles. The minimum atomic E-state index is 0.125. The van der Waals surface area contributed by atoms with E-state index in [9.17, 15) is 0 Å². The molecule has 0 saturated heterocycles. The van der Waals surface area contributed by atoms with Crippen molar-refractivity contribution in [2.24, 2.45) is 5.73 Å². The third kappa shape index (κ3) is 4.07. The van der Waals surface area contributed by atoms with E-state index in [0.29, 0.717) is 6.61 Å². The molecule has 0 amide bonds. The molecule has 2 N–H and O–H groups in total. The van der Waals surface area contributed by atoms with Crippen molar-refractivity contribution in [1.82, 2.24) is 4.98 Å². The Morgan fingerprint density at radius 1 is 1.15 bits per heavy atom. The first-order valence-electron chi connectivity index (χ1n) is 6.93. The lowest BCUT2D eigenvalue weighted by atomic mass is 10.0. The van der Waals surface area contributed by atoms with E-state index in [2.05, 4.69) is 30.1 Å². The summed E-state index contributed by atoms with van der Waals surface area (Å²) in [5, 5.41) is 0. The fourth-order valence-electron chi connectivity index (χ4n) is 2.21. The average molecular weight is 270 g/mol. The van der Waals surface area contributed by atoms with Crippen molar-refractivity contribution < 1.29 is 4.74 Å². The Labute approximate surface area is 120 Å². The van der Waals surface area contributed by atoms with Gasteiger partial charge >= 0.3 is 0 Å². The van der Waals surface area contributed by atoms with Crippen molar-refractivity contribution in [2.45, 2.75) is 39.8 Å². The van der Waals surface area contributed by atoms with Crippen LogP contribution in [0.3, 0.4) is 0 Å². The topological polar surface area (TPSA) is 48.1 Å². The molecule has 0 fully saturated rings. The van der Waals surface area contributed by atoms with E-state index in [-0.39, 0.29) is 6.04 Å². The van der Waals surface area contributed by atoms with Crippen LogP contribution in [0.4, 0.5) is 0 Å². The SMILES string of the molecule is Cc1cncc(COc2ccc(C)cc2CC(C)N)c1. The molecule has 0 saturated carbocycles. The summed E-state index contributed by atoms with van der Waals surface area (Å²) in [6.07, 6.45) is 4.51. The van der Waals surface area contributed by atoms with E-state index in [1.165, 1.54) is 11.1 Å². The second-order valence-corrected chi connectivity index (χ2v) is 5.45. The summed E-state index contributed by atoms with van der Waals surface area (Å²) in [5.74, 6) is 0.911. The molecular weight excluding hydrogens is 248 g/mol. The lowest BCUT2D eigenvalue weighted by Gasteiger charge is -2.14. The van der Waals surface area contributed by atoms with Crippen LogP contribution >= 0.6 is 0 Å². The second-order valence-electron chi connectivity index (χ2n) is 5.45. The first kappa shape index (κ1) is 14.5. The molecule has 1 aromatic carbocycles. The van der Waals surface area contributed by atoms with Crippen molar-refractivity contribution in [3.63, 3.8) is 0 Å². The average Bonchev–Trinajstić information content (AvgIpc) is 2.37. The Kier molecular flexibility index (Phi) is 4.74. The minimum Gasteiger partial charge on any atom is -0.489 e. The molecule has 1 unspecified atom stereocenters. The third-order valence-corrected chi connectivity index (χ3v) is 3.08. The number of ether oxygens (including phenoxy) is 1. The van der Waals surface area contributed by atoms with Crippen molar-refractivity contribution in [3.8, 4) is 5.75 Å². The number of nitrogens with zero attached hydrogens (tertiary/aromatic N) is 1. The fourth-order valence-corrected chi connectivity index (χ4v) is 2.21. The van der Waals surface area contributed by atoms with Crippen molar-refractivity contribution in [1.29, 1.82) is 0 Å². The van der Waals surface area contributed by atoms with Crippen LogP contribution in [0.1, 0.15) is 29.2 Å². The molecule has 3 heteroatoms. The Morgan fingerprint density at radius 3 is 2.65 bits per heavy atom. The summed E-state index contributed by atoms with van der Waals surface area (Å²) in [4.78, 5) is 4.18. The van der Waals surface area contributed by atoms with Gasteiger partial charge in [0.05, 0.1) is 0 Å². The van der Waals surface area contributed by atoms with Crippen LogP contribution in [0.25, 0.3) is 0 Å². The van der Waals surface area contributed by atoms with Crippen LogP contribution in [0.5, 0.6) is 5.75 Å². The van der Waals surface area contributed by atoms with E-state index < -0.39 is 0 Å². The lowest BCUT2D eigenvalue weighted by Crippen LogP contribution is -2.18. The molecule has 1 heterocycles. The van der Waals surface area contributed by atoms with Gasteiger partial charge in [0, 0.05) is 24.0 Å². The fraction of sp³-hybridized carbons (Fsp3) is 0.353. The van der Waals surface area contributed by atoms with Crippen LogP contribution in [0, 0.1) is 13.8 Å². The predicted octanol–water partition coefficient (Wildman–Crippen LogP) is 3.17. The van der Waals surface area contributed by atoms with E-state index in [0.717, 1.165) is 23.3 Å². The molecule has 0 aliphatic heterocycles. The highest BCUT2D eigenvalue weighted by molar-refractivity contribution is 5.37. The quantitative estimate of drug-likeness (QED) is 0.907. The number of hydrogen-bond acceptors (Lipinski definition) is 3. The monoisotopic (exact) mass is 270 g/mol. The lowest BCUT2D eigenvalue weighted by molar-refractivity contribution is 0.302. The number of aryl methyl sites for hydroxylation is 2. The summed E-state index contributed by atoms with van der Waals surface area (Å²) < 4.78 is 5.94. The minimum absolute atomic E-state index is 0.125. The third-order valence-electron chi connectivity index (χ3n) is 3.08. The number of benzene rings is 1. The molecule has 0 bridgehead atoms. The number of aromatic nitrogens is 1. The smallest absolute Gasteiger partial charge is 0.123 e. The molecular formula is C17H22N2O. The molecule has 106 valence electrons. The number of nitrogens with two attached hydrogens (primary N) is 1. The summed E-state index contributed by atoms with van der Waals surface area (Å²) >= 11 is 0. The molecule has 0 aliphatic rings. The van der Waals surface area contributed by atoms with Gasteiger partial charge in [-0.3, -0.25) is 4.98 Å². The van der Waals surface area contributed by atoms with E-state index >= 15 is 0 Å². The highest BCUT2D eigenvalue weighted by Crippen LogP contribution is 2.22. The van der Waals surface area contributed by atoms with Gasteiger partial charge in [-0.15, -0.1) is 0 Å². The number of rotatable bonds is 5. The summed E-state index contributed by atoms with van der Waals surface area (Å²) in [5.41, 5.74) is 10.5. The van der Waals surface area contributed by atoms with Gasteiger partial charge in [0.2, 0.25) is 0 Å². The maximum absolute atomic E-state index is 5.94. The van der Waals surface area contributed by atoms with Crippen molar-refractivity contribution >= 4 is 0 Å². The summed E-state index contributed by atoms with van der Waals surface area (Å²) in [6.45, 7) is 6.66. The van der Waals surface area contributed by atoms with E-state index in [1.54, 1.807) is 0 Å². The molecule has 0 spiro atoms. The summed E-state index contributed by atoms with van der Waals surface area (Å²) in [6, 6.07) is 8.45. The highest BCUT2D eigenvalue weighted by Gasteiger charge is 2.07. The van der Waals surface area contributed by atoms with Gasteiger partial charge in [-0.2, -0.15) is 0 Å². The Morgan fingerprint density at radius 2 is 1.95 bits per heavy atom. The normalized spacial score (nSPS) is 12.2. The van der Waals surface area contributed by atoms with E-state index in [1.807, 2.05) is 32.3 Å². The molecule has 20 heavy (non-hydrogen) atoms. The molecule has 2 rings (SSSR count). The van der Waals surface area contributed by atoms with Gasteiger partial charge in [0.15, 0.2) is 0 Å². The number of hydrogen-bond donors (Lipinski definition) is 1. The van der Waals surface area contributed by atoms with Crippen LogP contribution < -0.4 is 10.5 Å². The van der Waals surface area contributed by atoms with Crippen LogP contribution in [-0.2, 0) is 13.0 Å². The van der Waals surface area contributed by atoms with Gasteiger partial charge in [-0.1, -0.05) is 17.7 Å². The van der Waals surface area contributed by atoms with Gasteiger partial charge in [-0.05, 0) is 50.5 Å². The molecule has 2 aromatic rings. The second kappa shape index (κ2) is 6.53. The molecule has 0 radical (unpaired) electrons. The zero-order valence-corrected chi connectivity index (χ0v) is 12.4. The molecule has 1 atom stereocenters. The van der Waals surface area contributed by atoms with Gasteiger partial charge in [0.1, 0.15) is 12.4 Å². The largest absolute Gasteiger partial charge is 0.489 e. The Balaban J connectivity index is 2.12. The molecule has 3 nitrogen and oxygen atoms in total. The van der Waals surface area contributed by atoms with Crippen LogP contribution in [-0.4, -0.2) is 11.0 Å². The van der Waals surface area contributed by atoms with Crippen molar-refractivity contribution in [2.75, 3.05) is 0 Å². The van der Waals surface area contributed by atoms with Gasteiger partial charge < -0.3 is 10.5 Å². The molecule has 0 aliphatic carbocycles. The van der Waals surface area contributed by atoms with Crippen LogP contribution in [0.15, 0.2) is 36.7 Å². The zero-order valence-electron chi connectivity index (χ0n) is 12.4. The van der Waals surface area contributed by atoms with Crippen LogP contribution in [0.2, 0.25) is 0 Å². The van der Waals surface area contributed by atoms with E-state index in [4.69, 9.17) is 10.5 Å². The predicted molar refractivity (Wildman–Crippen MR) is 81.8 cm³/mol. The maximum Gasteiger partial charge on any atom is 0.123 e. The standard InChI is InChI=1S/C17H22N2O/c1-12-4-5-17(16(7-12)8-14(3)18)20-11-15-6-13(2)9-19-10-15/h4-7,9-10,14H,8,11,18H2,1-3H3. The first-order valence-corrected chi connectivity index (χ1v) is 6.93. The number of pyridine rings is 1. The summed E-state index contributed by atoms with van der Waals surface area (Å²) in [7, 11) is 0. The first-order chi connectivity index (χ1) is 9.54. The Hall–Kier alpha value is -1.87. The zero-order chi connectivity index (χ0) is 14.5.